The second-order valence-corrected chi connectivity index (χ2v) is 6.60. The van der Waals surface area contributed by atoms with Crippen molar-refractivity contribution in [2.75, 3.05) is 25.9 Å². The van der Waals surface area contributed by atoms with E-state index in [1.807, 2.05) is 4.90 Å². The number of carbonyl (C=O) groups is 1. The minimum absolute atomic E-state index is 0.235. The predicted octanol–water partition coefficient (Wildman–Crippen LogP) is 1.30. The molecule has 0 atom stereocenters. The Morgan fingerprint density at radius 1 is 1.33 bits per heavy atom. The standard InChI is InChI=1S/C15H21N7OS/c1-18-14(23)9-8-24-15(19-9)13-20-10(11(16)21(13)2)12(17)22-6-4-3-5-7-22/h8,17H,3-7,16H2,1-2H3,(H,18,23). The number of nitrogen functional groups attached to an aromatic ring is 1. The molecule has 3 rings (SSSR count). The van der Waals surface area contributed by atoms with Gasteiger partial charge in [0.2, 0.25) is 0 Å². The van der Waals surface area contributed by atoms with Gasteiger partial charge in [0.1, 0.15) is 17.2 Å². The highest BCUT2D eigenvalue weighted by atomic mass is 32.1. The van der Waals surface area contributed by atoms with Crippen LogP contribution in [-0.4, -0.2) is 51.3 Å². The van der Waals surface area contributed by atoms with Crippen LogP contribution >= 0.6 is 11.3 Å². The first-order valence-electron chi connectivity index (χ1n) is 7.87. The first-order chi connectivity index (χ1) is 11.5. The molecule has 2 aromatic rings. The van der Waals surface area contributed by atoms with E-state index in [2.05, 4.69) is 15.3 Å². The van der Waals surface area contributed by atoms with E-state index in [0.29, 0.717) is 33.9 Å². The lowest BCUT2D eigenvalue weighted by Gasteiger charge is -2.28. The Morgan fingerprint density at radius 3 is 2.71 bits per heavy atom. The Labute approximate surface area is 144 Å². The van der Waals surface area contributed by atoms with Crippen LogP contribution in [0, 0.1) is 5.41 Å². The van der Waals surface area contributed by atoms with Crippen molar-refractivity contribution in [1.82, 2.24) is 24.8 Å². The summed E-state index contributed by atoms with van der Waals surface area (Å²) in [6.07, 6.45) is 3.38. The van der Waals surface area contributed by atoms with Crippen molar-refractivity contribution in [3.05, 3.63) is 16.8 Å². The monoisotopic (exact) mass is 347 g/mol. The molecular weight excluding hydrogens is 326 g/mol. The summed E-state index contributed by atoms with van der Waals surface area (Å²) >= 11 is 1.33. The number of amidine groups is 1. The quantitative estimate of drug-likeness (QED) is 0.572. The molecule has 1 saturated heterocycles. The van der Waals surface area contributed by atoms with Gasteiger partial charge in [0, 0.05) is 32.6 Å². The molecular formula is C15H21N7OS. The number of hydrogen-bond donors (Lipinski definition) is 3. The van der Waals surface area contributed by atoms with Crippen LogP contribution in [0.15, 0.2) is 5.38 Å². The van der Waals surface area contributed by atoms with Gasteiger partial charge >= 0.3 is 0 Å². The maximum Gasteiger partial charge on any atom is 0.270 e. The second kappa shape index (κ2) is 6.60. The minimum atomic E-state index is -0.235. The molecule has 4 N–H and O–H groups in total. The number of nitrogens with two attached hydrogens (primary N) is 1. The van der Waals surface area contributed by atoms with Crippen molar-refractivity contribution in [1.29, 1.82) is 5.41 Å². The van der Waals surface area contributed by atoms with Gasteiger partial charge in [-0.25, -0.2) is 9.97 Å². The van der Waals surface area contributed by atoms with Crippen molar-refractivity contribution in [3.63, 3.8) is 0 Å². The lowest BCUT2D eigenvalue weighted by molar-refractivity contribution is 0.0959. The number of thiazole rings is 1. The Hall–Kier alpha value is -2.42. The SMILES string of the molecule is CNC(=O)c1csc(-c2nc(C(=N)N3CCCCC3)c(N)n2C)n1. The molecule has 0 aromatic carbocycles. The molecule has 8 nitrogen and oxygen atoms in total. The van der Waals surface area contributed by atoms with Crippen molar-refractivity contribution in [2.24, 2.45) is 7.05 Å². The molecule has 0 unspecified atom stereocenters. The van der Waals surface area contributed by atoms with Crippen LogP contribution in [0.4, 0.5) is 5.82 Å². The minimum Gasteiger partial charge on any atom is -0.383 e. The Bertz CT molecular complexity index is 773. The van der Waals surface area contributed by atoms with Crippen molar-refractivity contribution >= 4 is 28.9 Å². The van der Waals surface area contributed by atoms with Gasteiger partial charge in [-0.15, -0.1) is 11.3 Å². The summed E-state index contributed by atoms with van der Waals surface area (Å²) in [5.41, 5.74) is 7.00. The summed E-state index contributed by atoms with van der Waals surface area (Å²) in [5.74, 6) is 1.14. The molecule has 0 saturated carbocycles. The highest BCUT2D eigenvalue weighted by Gasteiger charge is 2.24. The molecule has 1 aliphatic rings. The van der Waals surface area contributed by atoms with Gasteiger partial charge in [-0.2, -0.15) is 0 Å². The van der Waals surface area contributed by atoms with Gasteiger partial charge in [-0.1, -0.05) is 0 Å². The molecule has 2 aromatic heterocycles. The number of imidazole rings is 1. The molecule has 0 radical (unpaired) electrons. The maximum atomic E-state index is 11.7. The number of carbonyl (C=O) groups excluding carboxylic acids is 1. The second-order valence-electron chi connectivity index (χ2n) is 5.74. The number of aromatic nitrogens is 3. The predicted molar refractivity (Wildman–Crippen MR) is 94.4 cm³/mol. The number of nitrogens with one attached hydrogen (secondary N) is 2. The van der Waals surface area contributed by atoms with Crippen LogP contribution in [0.5, 0.6) is 0 Å². The normalized spacial score (nSPS) is 14.7. The Balaban J connectivity index is 1.92. The average Bonchev–Trinajstić information content (AvgIpc) is 3.21. The molecule has 0 aliphatic carbocycles. The zero-order valence-electron chi connectivity index (χ0n) is 13.8. The fourth-order valence-corrected chi connectivity index (χ4v) is 3.57. The third-order valence-electron chi connectivity index (χ3n) is 4.19. The van der Waals surface area contributed by atoms with Crippen LogP contribution < -0.4 is 11.1 Å². The summed E-state index contributed by atoms with van der Waals surface area (Å²) in [4.78, 5) is 22.6. The number of likely N-dealkylation sites (tertiary alicyclic amines) is 1. The molecule has 9 heteroatoms. The van der Waals surface area contributed by atoms with Gasteiger partial charge < -0.3 is 20.5 Å². The summed E-state index contributed by atoms with van der Waals surface area (Å²) in [6, 6.07) is 0. The van der Waals surface area contributed by atoms with Crippen molar-refractivity contribution in [3.8, 4) is 10.8 Å². The third-order valence-corrected chi connectivity index (χ3v) is 5.03. The van der Waals surface area contributed by atoms with Gasteiger partial charge in [0.05, 0.1) is 0 Å². The van der Waals surface area contributed by atoms with E-state index in [4.69, 9.17) is 11.1 Å². The zero-order chi connectivity index (χ0) is 17.3. The van der Waals surface area contributed by atoms with Gasteiger partial charge in [0.15, 0.2) is 16.7 Å². The summed E-state index contributed by atoms with van der Waals surface area (Å²) < 4.78 is 1.72. The first kappa shape index (κ1) is 16.4. The molecule has 1 aliphatic heterocycles. The smallest absolute Gasteiger partial charge is 0.270 e. The van der Waals surface area contributed by atoms with E-state index in [1.54, 1.807) is 24.0 Å². The fraction of sp³-hybridized carbons (Fsp3) is 0.467. The number of rotatable bonds is 3. The van der Waals surface area contributed by atoms with Crippen LogP contribution in [0.2, 0.25) is 0 Å². The van der Waals surface area contributed by atoms with Gasteiger partial charge in [-0.05, 0) is 19.3 Å². The largest absolute Gasteiger partial charge is 0.383 e. The molecule has 0 spiro atoms. The van der Waals surface area contributed by atoms with Crippen LogP contribution in [0.25, 0.3) is 10.8 Å². The third kappa shape index (κ3) is 2.86. The Kier molecular flexibility index (Phi) is 4.52. The van der Waals surface area contributed by atoms with Crippen LogP contribution in [0.3, 0.4) is 0 Å². The van der Waals surface area contributed by atoms with Crippen LogP contribution in [-0.2, 0) is 7.05 Å². The van der Waals surface area contributed by atoms with Crippen LogP contribution in [0.1, 0.15) is 35.4 Å². The number of anilines is 1. The fourth-order valence-electron chi connectivity index (χ4n) is 2.75. The molecule has 0 bridgehead atoms. The molecule has 3 heterocycles. The highest BCUT2D eigenvalue weighted by molar-refractivity contribution is 7.13. The first-order valence-corrected chi connectivity index (χ1v) is 8.75. The van der Waals surface area contributed by atoms with E-state index in [1.165, 1.54) is 17.8 Å². The molecule has 24 heavy (non-hydrogen) atoms. The summed E-state index contributed by atoms with van der Waals surface area (Å²) in [6.45, 7) is 1.73. The van der Waals surface area contributed by atoms with Gasteiger partial charge in [0.25, 0.3) is 5.91 Å². The zero-order valence-corrected chi connectivity index (χ0v) is 14.6. The number of nitrogens with zero attached hydrogens (tertiary/aromatic N) is 4. The van der Waals surface area contributed by atoms with E-state index in [-0.39, 0.29) is 5.91 Å². The van der Waals surface area contributed by atoms with E-state index in [0.717, 1.165) is 25.9 Å². The summed E-state index contributed by atoms with van der Waals surface area (Å²) in [5, 5.41) is 13.3. The van der Waals surface area contributed by atoms with Gasteiger partial charge in [-0.3, -0.25) is 10.2 Å². The maximum absolute atomic E-state index is 11.7. The molecule has 128 valence electrons. The molecule has 1 fully saturated rings. The van der Waals surface area contributed by atoms with E-state index < -0.39 is 0 Å². The summed E-state index contributed by atoms with van der Waals surface area (Å²) in [7, 11) is 3.36. The number of piperidine rings is 1. The Morgan fingerprint density at radius 2 is 2.04 bits per heavy atom. The highest BCUT2D eigenvalue weighted by Crippen LogP contribution is 2.27. The lowest BCUT2D eigenvalue weighted by atomic mass is 10.1. The number of amides is 1. The van der Waals surface area contributed by atoms with Crippen molar-refractivity contribution in [2.45, 2.75) is 19.3 Å². The van der Waals surface area contributed by atoms with E-state index in [9.17, 15) is 4.79 Å². The topological polar surface area (TPSA) is 113 Å². The molecule has 1 amide bonds. The average molecular weight is 347 g/mol. The lowest BCUT2D eigenvalue weighted by Crippen LogP contribution is -2.36. The van der Waals surface area contributed by atoms with Crippen molar-refractivity contribution < 1.29 is 4.79 Å². The van der Waals surface area contributed by atoms with E-state index >= 15 is 0 Å². The number of hydrogen-bond acceptors (Lipinski definition) is 6.